The van der Waals surface area contributed by atoms with Crippen molar-refractivity contribution in [3.8, 4) is 11.3 Å². The fraction of sp³-hybridized carbons (Fsp3) is 0.333. The van der Waals surface area contributed by atoms with Crippen LogP contribution in [0.15, 0.2) is 59.5 Å². The summed E-state index contributed by atoms with van der Waals surface area (Å²) < 4.78 is 16.2. The van der Waals surface area contributed by atoms with Gasteiger partial charge in [0.2, 0.25) is 5.91 Å². The highest BCUT2D eigenvalue weighted by atomic mass is 32.1. The molecule has 0 saturated carbocycles. The topological polar surface area (TPSA) is 99.6 Å². The van der Waals surface area contributed by atoms with Crippen molar-refractivity contribution in [3.05, 3.63) is 91.8 Å². The zero-order chi connectivity index (χ0) is 31.0. The minimum absolute atomic E-state index is 0.0449. The van der Waals surface area contributed by atoms with Crippen LogP contribution >= 0.6 is 11.3 Å². The van der Waals surface area contributed by atoms with Crippen molar-refractivity contribution in [2.45, 2.75) is 38.6 Å². The summed E-state index contributed by atoms with van der Waals surface area (Å²) in [5.41, 5.74) is 3.41. The highest BCUT2D eigenvalue weighted by molar-refractivity contribution is 7.14. The number of amides is 2. The van der Waals surface area contributed by atoms with Crippen LogP contribution in [-0.4, -0.2) is 57.8 Å². The molecule has 1 aliphatic carbocycles. The zero-order valence-corrected chi connectivity index (χ0v) is 25.8. The maximum absolute atomic E-state index is 14.8. The van der Waals surface area contributed by atoms with Gasteiger partial charge >= 0.3 is 0 Å². The van der Waals surface area contributed by atoms with E-state index in [0.717, 1.165) is 37.8 Å². The number of likely N-dealkylation sites (N-methyl/N-ethyl adjacent to an activating group) is 2. The van der Waals surface area contributed by atoms with Crippen molar-refractivity contribution >= 4 is 40.3 Å². The van der Waals surface area contributed by atoms with Crippen molar-refractivity contribution in [2.75, 3.05) is 37.3 Å². The second kappa shape index (κ2) is 12.3. The second-order valence-electron chi connectivity index (χ2n) is 11.4. The van der Waals surface area contributed by atoms with Crippen LogP contribution in [0.5, 0.6) is 0 Å². The normalized spacial score (nSPS) is 17.0. The van der Waals surface area contributed by atoms with Crippen molar-refractivity contribution in [1.29, 1.82) is 0 Å². The summed E-state index contributed by atoms with van der Waals surface area (Å²) in [4.78, 5) is 49.3. The largest absolute Gasteiger partial charge is 0.340 e. The first kappa shape index (κ1) is 29.7. The molecule has 0 spiro atoms. The number of carbonyl (C=O) groups is 2. The number of aryl methyl sites for hydroxylation is 3. The molecule has 1 atom stereocenters. The zero-order valence-electron chi connectivity index (χ0n) is 25.0. The van der Waals surface area contributed by atoms with Gasteiger partial charge in [0.1, 0.15) is 11.9 Å². The lowest BCUT2D eigenvalue weighted by molar-refractivity contribution is -0.140. The third-order valence-corrected chi connectivity index (χ3v) is 9.62. The van der Waals surface area contributed by atoms with Crippen molar-refractivity contribution in [2.24, 2.45) is 7.05 Å². The minimum Gasteiger partial charge on any atom is -0.340 e. The van der Waals surface area contributed by atoms with Gasteiger partial charge in [-0.2, -0.15) is 0 Å². The molecule has 0 bridgehead atoms. The third-order valence-electron chi connectivity index (χ3n) is 8.38. The number of piperazine rings is 1. The van der Waals surface area contributed by atoms with Crippen molar-refractivity contribution in [3.63, 3.8) is 0 Å². The SMILES string of the molecule is CCN1CCN(C)C(c2ccc(Nc3nc(-c4ccc(F)c(NC(=O)c5cc6c(s5)CCCC6)c4)cn(C)c3=O)cc2)C1=O. The number of aromatic nitrogens is 2. The van der Waals surface area contributed by atoms with Crippen LogP contribution < -0.4 is 16.2 Å². The smallest absolute Gasteiger partial charge is 0.293 e. The molecule has 9 nitrogen and oxygen atoms in total. The van der Waals surface area contributed by atoms with E-state index in [1.54, 1.807) is 19.3 Å². The molecular formula is C33H35FN6O3S. The van der Waals surface area contributed by atoms with Gasteiger partial charge in [0.05, 0.1) is 16.3 Å². The summed E-state index contributed by atoms with van der Waals surface area (Å²) in [6.07, 6.45) is 5.76. The van der Waals surface area contributed by atoms with Crippen LogP contribution in [-0.2, 0) is 24.7 Å². The van der Waals surface area contributed by atoms with Crippen LogP contribution in [0.1, 0.15) is 51.5 Å². The Kier molecular flexibility index (Phi) is 8.33. The molecule has 2 amide bonds. The summed E-state index contributed by atoms with van der Waals surface area (Å²) in [7, 11) is 3.57. The van der Waals surface area contributed by atoms with Crippen LogP contribution in [0, 0.1) is 5.82 Å². The Morgan fingerprint density at radius 3 is 2.57 bits per heavy atom. The number of carbonyl (C=O) groups excluding carboxylic acids is 2. The molecule has 11 heteroatoms. The first-order valence-electron chi connectivity index (χ1n) is 14.9. The molecule has 2 aliphatic rings. The summed E-state index contributed by atoms with van der Waals surface area (Å²) in [5, 5.41) is 5.83. The highest BCUT2D eigenvalue weighted by Crippen LogP contribution is 2.31. The number of fused-ring (bicyclic) bond motifs is 1. The molecule has 1 fully saturated rings. The summed E-state index contributed by atoms with van der Waals surface area (Å²) in [6, 6.07) is 13.4. The van der Waals surface area contributed by atoms with E-state index in [0.29, 0.717) is 34.9 Å². The Bertz CT molecular complexity index is 1760. The van der Waals surface area contributed by atoms with E-state index >= 15 is 0 Å². The van der Waals surface area contributed by atoms with Crippen LogP contribution in [0.2, 0.25) is 0 Å². The Labute approximate surface area is 259 Å². The van der Waals surface area contributed by atoms with Gasteiger partial charge in [0, 0.05) is 49.0 Å². The molecule has 44 heavy (non-hydrogen) atoms. The molecular weight excluding hydrogens is 579 g/mol. The van der Waals surface area contributed by atoms with E-state index in [2.05, 4.69) is 15.6 Å². The number of nitrogens with one attached hydrogen (secondary N) is 2. The maximum Gasteiger partial charge on any atom is 0.293 e. The molecule has 228 valence electrons. The predicted molar refractivity (Wildman–Crippen MR) is 171 cm³/mol. The fourth-order valence-electron chi connectivity index (χ4n) is 5.87. The van der Waals surface area contributed by atoms with Gasteiger partial charge in [0.15, 0.2) is 5.82 Å². The van der Waals surface area contributed by atoms with E-state index in [1.807, 2.05) is 54.1 Å². The van der Waals surface area contributed by atoms with Gasteiger partial charge in [0.25, 0.3) is 11.5 Å². The first-order valence-corrected chi connectivity index (χ1v) is 15.7. The standard InChI is InChI=1S/C33H35FN6O3S/c1-4-40-16-15-38(2)29(32(40)42)20-9-12-23(13-10-20)35-30-33(43)39(3)19-26(36-30)21-11-14-24(34)25(17-21)37-31(41)28-18-22-7-5-6-8-27(22)44-28/h9-14,17-19,29H,4-8,15-16H2,1-3H3,(H,35,36)(H,37,41). The highest BCUT2D eigenvalue weighted by Gasteiger charge is 2.33. The van der Waals surface area contributed by atoms with Gasteiger partial charge < -0.3 is 20.1 Å². The van der Waals surface area contributed by atoms with Gasteiger partial charge in [-0.15, -0.1) is 11.3 Å². The van der Waals surface area contributed by atoms with Gasteiger partial charge in [-0.25, -0.2) is 9.37 Å². The van der Waals surface area contributed by atoms with Gasteiger partial charge in [-0.1, -0.05) is 12.1 Å². The molecule has 2 aromatic carbocycles. The molecule has 4 aromatic rings. The Morgan fingerprint density at radius 2 is 1.82 bits per heavy atom. The molecule has 0 radical (unpaired) electrons. The molecule has 2 N–H and O–H groups in total. The van der Waals surface area contributed by atoms with Crippen molar-refractivity contribution < 1.29 is 14.0 Å². The van der Waals surface area contributed by atoms with E-state index in [1.165, 1.54) is 38.5 Å². The van der Waals surface area contributed by atoms with E-state index in [-0.39, 0.29) is 34.9 Å². The summed E-state index contributed by atoms with van der Waals surface area (Å²) >= 11 is 1.47. The number of rotatable bonds is 7. The maximum atomic E-state index is 14.8. The lowest BCUT2D eigenvalue weighted by Gasteiger charge is -2.38. The lowest BCUT2D eigenvalue weighted by atomic mass is 9.99. The Hall–Kier alpha value is -4.35. The quantitative estimate of drug-likeness (QED) is 0.291. The van der Waals surface area contributed by atoms with E-state index in [4.69, 9.17) is 0 Å². The van der Waals surface area contributed by atoms with Crippen LogP contribution in [0.3, 0.4) is 0 Å². The summed E-state index contributed by atoms with van der Waals surface area (Å²) in [6.45, 7) is 4.16. The van der Waals surface area contributed by atoms with Gasteiger partial charge in [-0.3, -0.25) is 19.3 Å². The molecule has 1 saturated heterocycles. The first-order chi connectivity index (χ1) is 21.2. The second-order valence-corrected chi connectivity index (χ2v) is 12.5. The Balaban J connectivity index is 1.22. The van der Waals surface area contributed by atoms with E-state index in [9.17, 15) is 18.8 Å². The van der Waals surface area contributed by atoms with E-state index < -0.39 is 5.82 Å². The average Bonchev–Trinajstić information content (AvgIpc) is 3.46. The van der Waals surface area contributed by atoms with Crippen LogP contribution in [0.4, 0.5) is 21.6 Å². The molecule has 3 heterocycles. The fourth-order valence-corrected chi connectivity index (χ4v) is 7.02. The number of anilines is 3. The Morgan fingerprint density at radius 1 is 1.05 bits per heavy atom. The lowest BCUT2D eigenvalue weighted by Crippen LogP contribution is -2.50. The molecule has 1 aliphatic heterocycles. The number of hydrogen-bond acceptors (Lipinski definition) is 7. The molecule has 6 rings (SSSR count). The number of halogens is 1. The monoisotopic (exact) mass is 614 g/mol. The predicted octanol–water partition coefficient (Wildman–Crippen LogP) is 5.36. The van der Waals surface area contributed by atoms with Gasteiger partial charge in [-0.05, 0) is 87.2 Å². The number of thiophene rings is 1. The summed E-state index contributed by atoms with van der Waals surface area (Å²) in [5.74, 6) is -0.728. The average molecular weight is 615 g/mol. The van der Waals surface area contributed by atoms with Crippen molar-refractivity contribution in [1.82, 2.24) is 19.4 Å². The number of benzene rings is 2. The van der Waals surface area contributed by atoms with Crippen LogP contribution in [0.25, 0.3) is 11.3 Å². The number of nitrogens with zero attached hydrogens (tertiary/aromatic N) is 4. The third kappa shape index (κ3) is 5.89. The molecule has 2 aromatic heterocycles. The molecule has 1 unspecified atom stereocenters. The minimum atomic E-state index is -0.559. The number of hydrogen-bond donors (Lipinski definition) is 2.